The van der Waals surface area contributed by atoms with Gasteiger partial charge in [0.05, 0.1) is 0 Å². The Morgan fingerprint density at radius 2 is 0.941 bits per heavy atom. The van der Waals surface area contributed by atoms with Gasteiger partial charge in [-0.2, -0.15) is 0 Å². The fourth-order valence-corrected chi connectivity index (χ4v) is 3.57. The maximum atomic E-state index is 11.8. The third-order valence-electron chi connectivity index (χ3n) is 5.52. The molecule has 8 heteroatoms. The van der Waals surface area contributed by atoms with Crippen molar-refractivity contribution in [2.24, 2.45) is 0 Å². The summed E-state index contributed by atoms with van der Waals surface area (Å²) in [7, 11) is 0. The molecule has 0 unspecified atom stereocenters. The van der Waals surface area contributed by atoms with Gasteiger partial charge in [-0.25, -0.2) is 9.59 Å². The van der Waals surface area contributed by atoms with Crippen LogP contribution in [0.5, 0.6) is 0 Å². The Balaban J connectivity index is 1.29. The summed E-state index contributed by atoms with van der Waals surface area (Å²) < 4.78 is 0. The largest absolute Gasteiger partial charge is 0.338 e. The summed E-state index contributed by atoms with van der Waals surface area (Å²) >= 11 is 0. The van der Waals surface area contributed by atoms with E-state index in [0.717, 1.165) is 49.7 Å². The number of carbonyl (C=O) groups excluding carboxylic acids is 2. The number of hydrogen-bond donors (Lipinski definition) is 4. The van der Waals surface area contributed by atoms with Gasteiger partial charge < -0.3 is 21.3 Å². The predicted octanol–water partition coefficient (Wildman–Crippen LogP) is 3.98. The highest BCUT2D eigenvalue weighted by molar-refractivity contribution is 5.74. The van der Waals surface area contributed by atoms with Crippen LogP contribution in [0.15, 0.2) is 49.1 Å². The molecule has 0 aromatic carbocycles. The first-order valence-corrected chi connectivity index (χ1v) is 12.6. The molecular weight excluding hydrogens is 428 g/mol. The van der Waals surface area contributed by atoms with Crippen molar-refractivity contribution in [1.29, 1.82) is 0 Å². The molecule has 0 spiro atoms. The van der Waals surface area contributed by atoms with E-state index in [1.165, 1.54) is 25.7 Å². The van der Waals surface area contributed by atoms with Gasteiger partial charge in [-0.15, -0.1) is 0 Å². The average molecular weight is 469 g/mol. The normalized spacial score (nSPS) is 10.5. The first-order valence-electron chi connectivity index (χ1n) is 12.6. The lowest BCUT2D eigenvalue weighted by atomic mass is 10.1. The third kappa shape index (κ3) is 14.1. The van der Waals surface area contributed by atoms with E-state index in [1.54, 1.807) is 12.4 Å². The smallest absolute Gasteiger partial charge is 0.314 e. The number of amides is 4. The number of hydrogen-bond acceptors (Lipinski definition) is 4. The van der Waals surface area contributed by atoms with Crippen LogP contribution in [0.1, 0.15) is 62.5 Å². The van der Waals surface area contributed by atoms with Crippen molar-refractivity contribution in [3.8, 4) is 0 Å². The lowest BCUT2D eigenvalue weighted by molar-refractivity contribution is 0.240. The van der Waals surface area contributed by atoms with Crippen LogP contribution in [-0.4, -0.2) is 48.2 Å². The van der Waals surface area contributed by atoms with E-state index in [1.807, 2.05) is 36.7 Å². The summed E-state index contributed by atoms with van der Waals surface area (Å²) in [4.78, 5) is 31.7. The third-order valence-corrected chi connectivity index (χ3v) is 5.52. The molecule has 8 nitrogen and oxygen atoms in total. The second-order valence-electron chi connectivity index (χ2n) is 8.42. The summed E-state index contributed by atoms with van der Waals surface area (Å²) in [6, 6.07) is 7.63. The number of nitrogens with zero attached hydrogens (tertiary/aromatic N) is 2. The van der Waals surface area contributed by atoms with Crippen LogP contribution in [0.3, 0.4) is 0 Å². The molecule has 0 bridgehead atoms. The number of pyridine rings is 2. The molecule has 2 rings (SSSR count). The van der Waals surface area contributed by atoms with Crippen LogP contribution < -0.4 is 21.3 Å². The topological polar surface area (TPSA) is 108 Å². The minimum absolute atomic E-state index is 0.0975. The van der Waals surface area contributed by atoms with E-state index in [2.05, 4.69) is 31.2 Å². The van der Waals surface area contributed by atoms with Crippen molar-refractivity contribution in [2.75, 3.05) is 26.2 Å². The van der Waals surface area contributed by atoms with Crippen LogP contribution in [0.25, 0.3) is 0 Å². The van der Waals surface area contributed by atoms with E-state index in [-0.39, 0.29) is 12.1 Å². The lowest BCUT2D eigenvalue weighted by Crippen LogP contribution is -2.37. The van der Waals surface area contributed by atoms with Gasteiger partial charge in [0.25, 0.3) is 0 Å². The Kier molecular flexibility index (Phi) is 14.6. The Labute approximate surface area is 203 Å². The summed E-state index contributed by atoms with van der Waals surface area (Å²) in [5, 5.41) is 11.6. The number of aromatic nitrogens is 2. The molecule has 2 aromatic rings. The highest BCUT2D eigenvalue weighted by Crippen LogP contribution is 2.08. The van der Waals surface area contributed by atoms with E-state index < -0.39 is 0 Å². The molecule has 0 saturated heterocycles. The fraction of sp³-hybridized carbons (Fsp3) is 0.538. The van der Waals surface area contributed by atoms with Crippen LogP contribution in [0.2, 0.25) is 0 Å². The maximum absolute atomic E-state index is 11.8. The van der Waals surface area contributed by atoms with Gasteiger partial charge in [0, 0.05) is 51.0 Å². The Morgan fingerprint density at radius 1 is 0.559 bits per heavy atom. The Hall–Kier alpha value is -3.16. The first-order chi connectivity index (χ1) is 16.7. The highest BCUT2D eigenvalue weighted by atomic mass is 16.2. The number of nitrogens with one attached hydrogen (secondary N) is 4. The van der Waals surface area contributed by atoms with Crippen molar-refractivity contribution in [2.45, 2.75) is 64.2 Å². The summed E-state index contributed by atoms with van der Waals surface area (Å²) in [6.45, 7) is 2.66. The number of unbranched alkanes of at least 4 members (excludes halogenated alkanes) is 7. The van der Waals surface area contributed by atoms with Crippen LogP contribution in [0, 0.1) is 0 Å². The SMILES string of the molecule is O=C(NCCCCCCCCCCNC(=O)NCCc1cccnc1)NCCc1cccnc1. The zero-order valence-electron chi connectivity index (χ0n) is 20.2. The average Bonchev–Trinajstić information content (AvgIpc) is 2.86. The van der Waals surface area contributed by atoms with Gasteiger partial charge in [0.2, 0.25) is 0 Å². The highest BCUT2D eigenvalue weighted by Gasteiger charge is 2.01. The first kappa shape index (κ1) is 27.1. The van der Waals surface area contributed by atoms with Crippen molar-refractivity contribution in [1.82, 2.24) is 31.2 Å². The summed E-state index contributed by atoms with van der Waals surface area (Å²) in [6.07, 6.45) is 17.8. The zero-order valence-corrected chi connectivity index (χ0v) is 20.2. The van der Waals surface area contributed by atoms with E-state index in [4.69, 9.17) is 0 Å². The van der Waals surface area contributed by atoms with Gasteiger partial charge >= 0.3 is 12.1 Å². The maximum Gasteiger partial charge on any atom is 0.314 e. The van der Waals surface area contributed by atoms with Crippen molar-refractivity contribution in [3.63, 3.8) is 0 Å². The van der Waals surface area contributed by atoms with Crippen molar-refractivity contribution >= 4 is 12.1 Å². The molecule has 0 aliphatic carbocycles. The molecule has 0 aliphatic rings. The molecule has 4 amide bonds. The molecular formula is C26H40N6O2. The zero-order chi connectivity index (χ0) is 24.1. The molecule has 4 N–H and O–H groups in total. The van der Waals surface area contributed by atoms with Crippen molar-refractivity contribution < 1.29 is 9.59 Å². The van der Waals surface area contributed by atoms with Crippen molar-refractivity contribution in [3.05, 3.63) is 60.2 Å². The summed E-state index contributed by atoms with van der Waals surface area (Å²) in [5.74, 6) is 0. The molecule has 186 valence electrons. The predicted molar refractivity (Wildman–Crippen MR) is 136 cm³/mol. The molecule has 34 heavy (non-hydrogen) atoms. The Morgan fingerprint density at radius 3 is 1.32 bits per heavy atom. The van der Waals surface area contributed by atoms with Crippen LogP contribution in [-0.2, 0) is 12.8 Å². The van der Waals surface area contributed by atoms with Gasteiger partial charge in [-0.1, -0.05) is 50.7 Å². The minimum Gasteiger partial charge on any atom is -0.338 e. The number of rotatable bonds is 17. The molecule has 0 atom stereocenters. The van der Waals surface area contributed by atoms with Gasteiger partial charge in [-0.05, 0) is 48.9 Å². The molecule has 2 heterocycles. The number of carbonyl (C=O) groups is 2. The molecule has 0 aliphatic heterocycles. The molecule has 0 fully saturated rings. The standard InChI is InChI=1S/C26H40N6O2/c33-25(31-19-13-23-11-9-15-27-21-23)29-17-7-5-3-1-2-4-6-8-18-30-26(34)32-20-14-24-12-10-16-28-22-24/h9-12,15-16,21-22H,1-8,13-14,17-20H2,(H2,29,31,33)(H2,30,32,34). The number of urea groups is 2. The van der Waals surface area contributed by atoms with Gasteiger partial charge in [0.15, 0.2) is 0 Å². The Bertz CT molecular complexity index is 721. The second kappa shape index (κ2) is 18.3. The van der Waals surface area contributed by atoms with Gasteiger partial charge in [-0.3, -0.25) is 9.97 Å². The fourth-order valence-electron chi connectivity index (χ4n) is 3.57. The quantitative estimate of drug-likeness (QED) is 0.263. The van der Waals surface area contributed by atoms with Crippen LogP contribution in [0.4, 0.5) is 9.59 Å². The monoisotopic (exact) mass is 468 g/mol. The van der Waals surface area contributed by atoms with E-state index >= 15 is 0 Å². The summed E-state index contributed by atoms with van der Waals surface area (Å²) in [5.41, 5.74) is 2.24. The van der Waals surface area contributed by atoms with Crippen LogP contribution >= 0.6 is 0 Å². The second-order valence-corrected chi connectivity index (χ2v) is 8.42. The minimum atomic E-state index is -0.0975. The molecule has 2 aromatic heterocycles. The van der Waals surface area contributed by atoms with E-state index in [9.17, 15) is 9.59 Å². The van der Waals surface area contributed by atoms with Gasteiger partial charge in [0.1, 0.15) is 0 Å². The lowest BCUT2D eigenvalue weighted by Gasteiger charge is -2.08. The molecule has 0 saturated carbocycles. The van der Waals surface area contributed by atoms with E-state index in [0.29, 0.717) is 26.2 Å². The molecule has 0 radical (unpaired) electrons.